The van der Waals surface area contributed by atoms with E-state index in [9.17, 15) is 9.59 Å². The largest absolute Gasteiger partial charge is 0.478 e. The molecule has 1 heterocycles. The number of hydrogen-bond donors (Lipinski definition) is 2. The Morgan fingerprint density at radius 3 is 2.50 bits per heavy atom. The van der Waals surface area contributed by atoms with Crippen molar-refractivity contribution >= 4 is 29.2 Å². The van der Waals surface area contributed by atoms with Crippen LogP contribution in [0.15, 0.2) is 24.4 Å². The molecule has 7 heteroatoms. The highest BCUT2D eigenvalue weighted by Crippen LogP contribution is 2.22. The third-order valence-corrected chi connectivity index (χ3v) is 3.55. The molecule has 1 amide bonds. The van der Waals surface area contributed by atoms with E-state index in [-0.39, 0.29) is 22.5 Å². The second-order valence-electron chi connectivity index (χ2n) is 5.14. The van der Waals surface area contributed by atoms with Crippen molar-refractivity contribution in [3.05, 3.63) is 46.2 Å². The number of carboxylic acids is 1. The van der Waals surface area contributed by atoms with Crippen molar-refractivity contribution in [3.63, 3.8) is 0 Å². The highest BCUT2D eigenvalue weighted by Gasteiger charge is 2.16. The minimum Gasteiger partial charge on any atom is -0.478 e. The van der Waals surface area contributed by atoms with Gasteiger partial charge < -0.3 is 10.4 Å². The molecule has 0 atom stereocenters. The van der Waals surface area contributed by atoms with Gasteiger partial charge in [-0.3, -0.25) is 9.48 Å². The Morgan fingerprint density at radius 2 is 2.00 bits per heavy atom. The fraction of sp³-hybridized carbons (Fsp3) is 0.267. The van der Waals surface area contributed by atoms with Crippen molar-refractivity contribution in [2.24, 2.45) is 0 Å². The summed E-state index contributed by atoms with van der Waals surface area (Å²) in [6.07, 6.45) is 1.51. The van der Waals surface area contributed by atoms with Crippen LogP contribution in [0.2, 0.25) is 5.02 Å². The van der Waals surface area contributed by atoms with Gasteiger partial charge in [0.2, 0.25) is 0 Å². The molecule has 0 aliphatic carbocycles. The lowest BCUT2D eigenvalue weighted by Crippen LogP contribution is -2.14. The second kappa shape index (κ2) is 6.19. The van der Waals surface area contributed by atoms with Crippen molar-refractivity contribution in [1.82, 2.24) is 9.78 Å². The van der Waals surface area contributed by atoms with Crippen LogP contribution in [0.3, 0.4) is 0 Å². The zero-order valence-electron chi connectivity index (χ0n) is 12.4. The minimum atomic E-state index is -1.11. The lowest BCUT2D eigenvalue weighted by Gasteiger charge is -2.09. The van der Waals surface area contributed by atoms with E-state index in [0.29, 0.717) is 11.3 Å². The smallest absolute Gasteiger partial charge is 0.337 e. The summed E-state index contributed by atoms with van der Waals surface area (Å²) in [5, 5.41) is 15.9. The summed E-state index contributed by atoms with van der Waals surface area (Å²) in [5.74, 6) is -1.43. The van der Waals surface area contributed by atoms with Gasteiger partial charge in [-0.2, -0.15) is 5.10 Å². The molecule has 2 aromatic rings. The van der Waals surface area contributed by atoms with Crippen LogP contribution in [0.4, 0.5) is 5.69 Å². The monoisotopic (exact) mass is 321 g/mol. The Hall–Kier alpha value is -2.34. The maximum absolute atomic E-state index is 12.3. The fourth-order valence-electron chi connectivity index (χ4n) is 2.13. The predicted molar refractivity (Wildman–Crippen MR) is 83.7 cm³/mol. The van der Waals surface area contributed by atoms with Gasteiger partial charge in [-0.15, -0.1) is 0 Å². The summed E-state index contributed by atoms with van der Waals surface area (Å²) >= 11 is 5.88. The van der Waals surface area contributed by atoms with E-state index in [1.54, 1.807) is 4.68 Å². The molecule has 2 rings (SSSR count). The van der Waals surface area contributed by atoms with Gasteiger partial charge in [0.25, 0.3) is 5.91 Å². The first-order valence-electron chi connectivity index (χ1n) is 6.69. The Morgan fingerprint density at radius 1 is 1.32 bits per heavy atom. The lowest BCUT2D eigenvalue weighted by molar-refractivity contribution is 0.0697. The number of nitrogens with zero attached hydrogens (tertiary/aromatic N) is 2. The quantitative estimate of drug-likeness (QED) is 0.904. The molecule has 0 fully saturated rings. The molecule has 0 saturated heterocycles. The van der Waals surface area contributed by atoms with Gasteiger partial charge in [0, 0.05) is 17.4 Å². The standard InChI is InChI=1S/C15H16ClN3O3/c1-8(2)19-9(3)12(7-17-19)14(20)18-10-4-5-11(15(21)22)13(16)6-10/h4-8H,1-3H3,(H,18,20)(H,21,22). The van der Waals surface area contributed by atoms with E-state index < -0.39 is 5.97 Å². The molecule has 22 heavy (non-hydrogen) atoms. The van der Waals surface area contributed by atoms with E-state index in [1.165, 1.54) is 24.4 Å². The summed E-state index contributed by atoms with van der Waals surface area (Å²) in [6.45, 7) is 5.78. The van der Waals surface area contributed by atoms with E-state index in [2.05, 4.69) is 10.4 Å². The van der Waals surface area contributed by atoms with Crippen LogP contribution in [0.25, 0.3) is 0 Å². The number of amides is 1. The second-order valence-corrected chi connectivity index (χ2v) is 5.54. The molecule has 6 nitrogen and oxygen atoms in total. The average molecular weight is 322 g/mol. The van der Waals surface area contributed by atoms with Gasteiger partial charge in [-0.05, 0) is 39.0 Å². The summed E-state index contributed by atoms with van der Waals surface area (Å²) in [6, 6.07) is 4.41. The number of halogens is 1. The van der Waals surface area contributed by atoms with Crippen LogP contribution in [0.5, 0.6) is 0 Å². The first-order chi connectivity index (χ1) is 10.3. The summed E-state index contributed by atoms with van der Waals surface area (Å²) in [4.78, 5) is 23.2. The fourth-order valence-corrected chi connectivity index (χ4v) is 2.39. The van der Waals surface area contributed by atoms with E-state index >= 15 is 0 Å². The molecular formula is C15H16ClN3O3. The average Bonchev–Trinajstić information content (AvgIpc) is 2.80. The van der Waals surface area contributed by atoms with Crippen molar-refractivity contribution in [2.45, 2.75) is 26.8 Å². The molecule has 0 aliphatic rings. The van der Waals surface area contributed by atoms with E-state index in [0.717, 1.165) is 5.69 Å². The Balaban J connectivity index is 2.22. The van der Waals surface area contributed by atoms with E-state index in [1.807, 2.05) is 20.8 Å². The Kier molecular flexibility index (Phi) is 4.51. The molecule has 0 unspecified atom stereocenters. The maximum atomic E-state index is 12.3. The van der Waals surface area contributed by atoms with Crippen molar-refractivity contribution < 1.29 is 14.7 Å². The number of aromatic nitrogens is 2. The zero-order valence-corrected chi connectivity index (χ0v) is 13.2. The number of rotatable bonds is 4. The highest BCUT2D eigenvalue weighted by atomic mass is 35.5. The highest BCUT2D eigenvalue weighted by molar-refractivity contribution is 6.33. The van der Waals surface area contributed by atoms with Crippen molar-refractivity contribution in [3.8, 4) is 0 Å². The number of hydrogen-bond acceptors (Lipinski definition) is 3. The molecule has 116 valence electrons. The normalized spacial score (nSPS) is 10.8. The SMILES string of the molecule is Cc1c(C(=O)Nc2ccc(C(=O)O)c(Cl)c2)cnn1C(C)C. The van der Waals surface area contributed by atoms with Crippen LogP contribution < -0.4 is 5.32 Å². The topological polar surface area (TPSA) is 84.2 Å². The molecule has 0 bridgehead atoms. The van der Waals surface area contributed by atoms with Crippen LogP contribution in [-0.4, -0.2) is 26.8 Å². The molecule has 0 spiro atoms. The first kappa shape index (κ1) is 16.0. The first-order valence-corrected chi connectivity index (χ1v) is 7.07. The Bertz CT molecular complexity index is 738. The molecular weight excluding hydrogens is 306 g/mol. The number of anilines is 1. The van der Waals surface area contributed by atoms with Gasteiger partial charge in [0.15, 0.2) is 0 Å². The number of aromatic carboxylic acids is 1. The lowest BCUT2D eigenvalue weighted by atomic mass is 10.2. The van der Waals surface area contributed by atoms with Crippen LogP contribution in [0.1, 0.15) is 46.3 Å². The van der Waals surface area contributed by atoms with Gasteiger partial charge >= 0.3 is 5.97 Å². The van der Waals surface area contributed by atoms with Crippen LogP contribution >= 0.6 is 11.6 Å². The zero-order chi connectivity index (χ0) is 16.4. The molecule has 2 N–H and O–H groups in total. The molecule has 1 aromatic carbocycles. The molecule has 0 radical (unpaired) electrons. The van der Waals surface area contributed by atoms with Gasteiger partial charge in [0.05, 0.1) is 22.3 Å². The number of carbonyl (C=O) groups is 2. The summed E-state index contributed by atoms with van der Waals surface area (Å²) in [7, 11) is 0. The number of benzene rings is 1. The number of nitrogens with one attached hydrogen (secondary N) is 1. The predicted octanol–water partition coefficient (Wildman–Crippen LogP) is 3.38. The number of carbonyl (C=O) groups excluding carboxylic acids is 1. The third kappa shape index (κ3) is 3.12. The minimum absolute atomic E-state index is 0.0107. The van der Waals surface area contributed by atoms with Crippen molar-refractivity contribution in [2.75, 3.05) is 5.32 Å². The van der Waals surface area contributed by atoms with E-state index in [4.69, 9.17) is 16.7 Å². The van der Waals surface area contributed by atoms with Gasteiger partial charge in [-0.25, -0.2) is 4.79 Å². The van der Waals surface area contributed by atoms with Gasteiger partial charge in [-0.1, -0.05) is 11.6 Å². The maximum Gasteiger partial charge on any atom is 0.337 e. The third-order valence-electron chi connectivity index (χ3n) is 3.24. The molecule has 0 aliphatic heterocycles. The van der Waals surface area contributed by atoms with Crippen molar-refractivity contribution in [1.29, 1.82) is 0 Å². The summed E-state index contributed by atoms with van der Waals surface area (Å²) < 4.78 is 1.76. The summed E-state index contributed by atoms with van der Waals surface area (Å²) in [5.41, 5.74) is 1.65. The van der Waals surface area contributed by atoms with Crippen LogP contribution in [-0.2, 0) is 0 Å². The molecule has 0 saturated carbocycles. The van der Waals surface area contributed by atoms with Gasteiger partial charge in [0.1, 0.15) is 0 Å². The molecule has 1 aromatic heterocycles. The van der Waals surface area contributed by atoms with Crippen LogP contribution in [0, 0.1) is 6.92 Å². The Labute approximate surface area is 132 Å². The number of carboxylic acid groups (broad SMARTS) is 1.